The van der Waals surface area contributed by atoms with Crippen molar-refractivity contribution in [2.45, 2.75) is 6.54 Å². The maximum Gasteiger partial charge on any atom is 0.340 e. The van der Waals surface area contributed by atoms with Crippen LogP contribution in [0.3, 0.4) is 0 Å². The lowest BCUT2D eigenvalue weighted by Crippen LogP contribution is -2.31. The van der Waals surface area contributed by atoms with Gasteiger partial charge in [0.05, 0.1) is 5.56 Å². The largest absolute Gasteiger partial charge is 0.452 e. The van der Waals surface area contributed by atoms with E-state index in [9.17, 15) is 18.4 Å². The minimum atomic E-state index is -0.858. The first-order valence-electron chi connectivity index (χ1n) is 7.18. The van der Waals surface area contributed by atoms with Crippen molar-refractivity contribution in [3.8, 4) is 0 Å². The van der Waals surface area contributed by atoms with Crippen molar-refractivity contribution in [2.24, 2.45) is 0 Å². The Bertz CT molecular complexity index is 794. The topological polar surface area (TPSA) is 72.6 Å². The molecule has 25 heavy (non-hydrogen) atoms. The van der Waals surface area contributed by atoms with Gasteiger partial charge in [0.2, 0.25) is 0 Å². The fraction of sp³-hybridized carbons (Fsp3) is 0.176. The van der Waals surface area contributed by atoms with Crippen LogP contribution in [0, 0.1) is 11.6 Å². The van der Waals surface area contributed by atoms with Crippen molar-refractivity contribution < 1.29 is 23.1 Å². The number of anilines is 1. The highest BCUT2D eigenvalue weighted by Gasteiger charge is 2.18. The Balaban J connectivity index is 1.96. The van der Waals surface area contributed by atoms with E-state index in [0.29, 0.717) is 0 Å². The molecule has 0 radical (unpaired) electrons. The molecule has 0 spiro atoms. The number of nitrogens with zero attached hydrogens (tertiary/aromatic N) is 1. The molecule has 0 aliphatic heterocycles. The number of nitrogens with two attached hydrogens (primary N) is 1. The fourth-order valence-electron chi connectivity index (χ4n) is 2.04. The van der Waals surface area contributed by atoms with Gasteiger partial charge in [0.25, 0.3) is 5.91 Å². The summed E-state index contributed by atoms with van der Waals surface area (Å²) in [5, 5.41) is 0.190. The normalized spacial score (nSPS) is 10.4. The number of hydrogen-bond donors (Lipinski definition) is 1. The Morgan fingerprint density at radius 2 is 1.96 bits per heavy atom. The highest BCUT2D eigenvalue weighted by atomic mass is 35.5. The van der Waals surface area contributed by atoms with Crippen LogP contribution >= 0.6 is 11.6 Å². The number of likely N-dealkylation sites (N-methyl/N-ethyl adjacent to an activating group) is 1. The number of ether oxygens (including phenoxy) is 1. The summed E-state index contributed by atoms with van der Waals surface area (Å²) in [5.41, 5.74) is 5.55. The van der Waals surface area contributed by atoms with Gasteiger partial charge in [-0.15, -0.1) is 0 Å². The molecule has 0 fully saturated rings. The van der Waals surface area contributed by atoms with Gasteiger partial charge in [-0.3, -0.25) is 4.79 Å². The van der Waals surface area contributed by atoms with Gasteiger partial charge in [-0.2, -0.15) is 0 Å². The smallest absolute Gasteiger partial charge is 0.340 e. The number of esters is 1. The van der Waals surface area contributed by atoms with Crippen molar-refractivity contribution in [1.29, 1.82) is 0 Å². The van der Waals surface area contributed by atoms with Gasteiger partial charge in [0, 0.05) is 29.9 Å². The monoisotopic (exact) mass is 368 g/mol. The number of benzene rings is 2. The van der Waals surface area contributed by atoms with Crippen LogP contribution in [-0.4, -0.2) is 30.4 Å². The van der Waals surface area contributed by atoms with Gasteiger partial charge in [-0.1, -0.05) is 17.7 Å². The molecular weight excluding hydrogens is 354 g/mol. The number of nitrogen functional groups attached to an aromatic ring is 1. The van der Waals surface area contributed by atoms with Gasteiger partial charge in [0.1, 0.15) is 11.6 Å². The Kier molecular flexibility index (Phi) is 5.93. The van der Waals surface area contributed by atoms with Crippen LogP contribution in [0.25, 0.3) is 0 Å². The molecule has 0 atom stereocenters. The van der Waals surface area contributed by atoms with Crippen LogP contribution in [0.4, 0.5) is 14.5 Å². The molecule has 8 heteroatoms. The molecule has 0 unspecified atom stereocenters. The van der Waals surface area contributed by atoms with Gasteiger partial charge < -0.3 is 15.4 Å². The number of carbonyl (C=O) groups excluding carboxylic acids is 2. The van der Waals surface area contributed by atoms with Crippen molar-refractivity contribution in [2.75, 3.05) is 19.4 Å². The molecule has 0 saturated carbocycles. The van der Waals surface area contributed by atoms with E-state index in [1.807, 2.05) is 0 Å². The zero-order valence-electron chi connectivity index (χ0n) is 13.3. The quantitative estimate of drug-likeness (QED) is 0.650. The third-order valence-electron chi connectivity index (χ3n) is 3.44. The second-order valence-electron chi connectivity index (χ2n) is 5.26. The molecule has 2 aromatic rings. The van der Waals surface area contributed by atoms with E-state index in [1.54, 1.807) is 0 Å². The summed E-state index contributed by atoms with van der Waals surface area (Å²) < 4.78 is 31.6. The van der Waals surface area contributed by atoms with E-state index in [-0.39, 0.29) is 28.4 Å². The average Bonchev–Trinajstić information content (AvgIpc) is 2.55. The van der Waals surface area contributed by atoms with Crippen molar-refractivity contribution in [3.63, 3.8) is 0 Å². The van der Waals surface area contributed by atoms with Crippen molar-refractivity contribution in [3.05, 3.63) is 64.2 Å². The lowest BCUT2D eigenvalue weighted by Gasteiger charge is -2.18. The maximum absolute atomic E-state index is 13.7. The highest BCUT2D eigenvalue weighted by molar-refractivity contribution is 6.31. The Morgan fingerprint density at radius 1 is 1.24 bits per heavy atom. The Labute approximate surface area is 147 Å². The third-order valence-corrected chi connectivity index (χ3v) is 3.80. The zero-order valence-corrected chi connectivity index (χ0v) is 14.0. The Morgan fingerprint density at radius 3 is 2.60 bits per heavy atom. The number of halogens is 3. The Hall–Kier alpha value is -2.67. The summed E-state index contributed by atoms with van der Waals surface area (Å²) in [6.07, 6.45) is 0. The van der Waals surface area contributed by atoms with Crippen LogP contribution in [0.2, 0.25) is 5.02 Å². The van der Waals surface area contributed by atoms with Crippen LogP contribution in [0.5, 0.6) is 0 Å². The molecule has 0 bridgehead atoms. The van der Waals surface area contributed by atoms with E-state index in [2.05, 4.69) is 0 Å². The minimum absolute atomic E-state index is 0.0472. The second-order valence-corrected chi connectivity index (χ2v) is 5.66. The van der Waals surface area contributed by atoms with Crippen LogP contribution in [0.15, 0.2) is 36.4 Å². The molecule has 0 saturated heterocycles. The molecule has 132 valence electrons. The molecule has 0 aliphatic rings. The van der Waals surface area contributed by atoms with E-state index in [0.717, 1.165) is 12.1 Å². The van der Waals surface area contributed by atoms with Gasteiger partial charge in [-0.05, 0) is 30.3 Å². The van der Waals surface area contributed by atoms with E-state index >= 15 is 0 Å². The minimum Gasteiger partial charge on any atom is -0.452 e. The SMILES string of the molecule is CN(Cc1c(F)cccc1Cl)C(=O)COC(=O)c1ccc(F)cc1N. The molecular formula is C17H15ClF2N2O3. The number of carbonyl (C=O) groups is 2. The molecule has 0 aromatic heterocycles. The van der Waals surface area contributed by atoms with Gasteiger partial charge >= 0.3 is 5.97 Å². The second kappa shape index (κ2) is 7.94. The van der Waals surface area contributed by atoms with Gasteiger partial charge in [0.15, 0.2) is 6.61 Å². The molecule has 2 N–H and O–H groups in total. The summed E-state index contributed by atoms with van der Waals surface area (Å²) >= 11 is 5.91. The highest BCUT2D eigenvalue weighted by Crippen LogP contribution is 2.20. The van der Waals surface area contributed by atoms with Crippen LogP contribution in [0.1, 0.15) is 15.9 Å². The fourth-order valence-corrected chi connectivity index (χ4v) is 2.27. The van der Waals surface area contributed by atoms with E-state index in [1.165, 1.54) is 36.2 Å². The van der Waals surface area contributed by atoms with Crippen LogP contribution in [-0.2, 0) is 16.1 Å². The molecule has 5 nitrogen and oxygen atoms in total. The van der Waals surface area contributed by atoms with E-state index < -0.39 is 30.1 Å². The summed E-state index contributed by atoms with van der Waals surface area (Å²) in [7, 11) is 1.42. The molecule has 0 aliphatic carbocycles. The van der Waals surface area contributed by atoms with Gasteiger partial charge in [-0.25, -0.2) is 13.6 Å². The number of hydrogen-bond acceptors (Lipinski definition) is 4. The first-order valence-corrected chi connectivity index (χ1v) is 7.56. The summed E-state index contributed by atoms with van der Waals surface area (Å²) in [6.45, 7) is -0.654. The first-order chi connectivity index (χ1) is 11.8. The predicted molar refractivity (Wildman–Crippen MR) is 89.0 cm³/mol. The summed E-state index contributed by atoms with van der Waals surface area (Å²) in [4.78, 5) is 25.1. The standard InChI is InChI=1S/C17H15ClF2N2O3/c1-22(8-12-13(18)3-2-4-14(12)20)16(23)9-25-17(24)11-6-5-10(19)7-15(11)21/h2-7H,8-9,21H2,1H3. The lowest BCUT2D eigenvalue weighted by atomic mass is 10.2. The van der Waals surface area contributed by atoms with Crippen molar-refractivity contribution >= 4 is 29.2 Å². The van der Waals surface area contributed by atoms with Crippen molar-refractivity contribution in [1.82, 2.24) is 4.90 Å². The number of amides is 1. The maximum atomic E-state index is 13.7. The number of rotatable bonds is 5. The molecule has 1 amide bonds. The van der Waals surface area contributed by atoms with E-state index in [4.69, 9.17) is 22.1 Å². The molecule has 2 rings (SSSR count). The first kappa shape index (κ1) is 18.7. The zero-order chi connectivity index (χ0) is 18.6. The molecule has 0 heterocycles. The van der Waals surface area contributed by atoms with Crippen LogP contribution < -0.4 is 5.73 Å². The lowest BCUT2D eigenvalue weighted by molar-refractivity contribution is -0.133. The summed E-state index contributed by atoms with van der Waals surface area (Å²) in [5.74, 6) is -2.55. The summed E-state index contributed by atoms with van der Waals surface area (Å²) in [6, 6.07) is 7.40. The predicted octanol–water partition coefficient (Wildman–Crippen LogP) is 3.02. The molecule has 2 aromatic carbocycles. The average molecular weight is 369 g/mol. The third kappa shape index (κ3) is 4.67.